The Morgan fingerprint density at radius 1 is 0.903 bits per heavy atom. The van der Waals surface area contributed by atoms with Gasteiger partial charge in [-0.3, -0.25) is 14.4 Å². The van der Waals surface area contributed by atoms with Crippen molar-refractivity contribution in [1.82, 2.24) is 10.2 Å². The number of hydrogen-bond donors (Lipinski definition) is 2. The van der Waals surface area contributed by atoms with E-state index in [1.54, 1.807) is 55.6 Å². The maximum atomic E-state index is 12.8. The molecule has 1 fully saturated rings. The second-order valence-corrected chi connectivity index (χ2v) is 7.99. The molecular weight excluding hydrogens is 394 g/mol. The molecule has 7 nitrogen and oxygen atoms in total. The summed E-state index contributed by atoms with van der Waals surface area (Å²) in [7, 11) is 1.56. The molecular formula is C24H29N3O4. The van der Waals surface area contributed by atoms with Gasteiger partial charge in [0.05, 0.1) is 7.11 Å². The molecule has 0 bridgehead atoms. The third-order valence-electron chi connectivity index (χ3n) is 5.38. The molecule has 3 rings (SSSR count). The normalized spacial score (nSPS) is 14.3. The van der Waals surface area contributed by atoms with Gasteiger partial charge < -0.3 is 20.3 Å². The van der Waals surface area contributed by atoms with Gasteiger partial charge in [0.25, 0.3) is 11.8 Å². The zero-order chi connectivity index (χ0) is 22.4. The fourth-order valence-corrected chi connectivity index (χ4v) is 3.52. The maximum Gasteiger partial charge on any atom is 0.253 e. The minimum absolute atomic E-state index is 0.0159. The highest BCUT2D eigenvalue weighted by Crippen LogP contribution is 2.17. The lowest BCUT2D eigenvalue weighted by molar-refractivity contribution is -0.118. The van der Waals surface area contributed by atoms with Gasteiger partial charge in [0.15, 0.2) is 0 Å². The largest absolute Gasteiger partial charge is 0.497 e. The lowest BCUT2D eigenvalue weighted by Gasteiger charge is -2.22. The number of benzene rings is 2. The van der Waals surface area contributed by atoms with Crippen molar-refractivity contribution in [1.29, 1.82) is 0 Å². The molecule has 3 amide bonds. The van der Waals surface area contributed by atoms with Gasteiger partial charge in [0.1, 0.15) is 11.8 Å². The third kappa shape index (κ3) is 5.63. The Bertz CT molecular complexity index is 917. The molecule has 1 atom stereocenters. The summed E-state index contributed by atoms with van der Waals surface area (Å²) in [6, 6.07) is 12.9. The molecule has 7 heteroatoms. The summed E-state index contributed by atoms with van der Waals surface area (Å²) in [5, 5.41) is 5.64. The lowest BCUT2D eigenvalue weighted by Crippen LogP contribution is -2.47. The third-order valence-corrected chi connectivity index (χ3v) is 5.38. The van der Waals surface area contributed by atoms with Crippen molar-refractivity contribution < 1.29 is 19.1 Å². The monoisotopic (exact) mass is 423 g/mol. The van der Waals surface area contributed by atoms with Crippen molar-refractivity contribution in [2.75, 3.05) is 25.5 Å². The lowest BCUT2D eigenvalue weighted by atomic mass is 10.0. The Kier molecular flexibility index (Phi) is 7.28. The molecule has 2 aromatic carbocycles. The number of carbonyl (C=O) groups excluding carboxylic acids is 3. The van der Waals surface area contributed by atoms with Gasteiger partial charge in [-0.15, -0.1) is 0 Å². The van der Waals surface area contributed by atoms with Crippen LogP contribution < -0.4 is 15.4 Å². The van der Waals surface area contributed by atoms with Gasteiger partial charge in [-0.1, -0.05) is 13.8 Å². The van der Waals surface area contributed by atoms with Crippen LogP contribution in [0.15, 0.2) is 48.5 Å². The number of likely N-dealkylation sites (tertiary alicyclic amines) is 1. The van der Waals surface area contributed by atoms with Crippen LogP contribution in [0.4, 0.5) is 5.69 Å². The molecule has 0 aliphatic carbocycles. The first kappa shape index (κ1) is 22.3. The molecule has 31 heavy (non-hydrogen) atoms. The van der Waals surface area contributed by atoms with E-state index in [1.807, 2.05) is 18.7 Å². The highest BCUT2D eigenvalue weighted by molar-refractivity contribution is 6.01. The molecule has 2 N–H and O–H groups in total. The minimum atomic E-state index is -0.708. The zero-order valence-electron chi connectivity index (χ0n) is 18.2. The Balaban J connectivity index is 1.63. The fraction of sp³-hybridized carbons (Fsp3) is 0.375. The first-order valence-corrected chi connectivity index (χ1v) is 10.5. The van der Waals surface area contributed by atoms with Crippen molar-refractivity contribution in [2.45, 2.75) is 32.7 Å². The van der Waals surface area contributed by atoms with Crippen LogP contribution in [0, 0.1) is 5.92 Å². The number of rotatable bonds is 7. The summed E-state index contributed by atoms with van der Waals surface area (Å²) in [4.78, 5) is 39.7. The SMILES string of the molecule is COc1ccc(C(=O)NC(C(=O)Nc2ccc(C(=O)N3CCCC3)cc2)C(C)C)cc1. The van der Waals surface area contributed by atoms with Crippen molar-refractivity contribution in [3.63, 3.8) is 0 Å². The molecule has 1 heterocycles. The Hall–Kier alpha value is -3.35. The van der Waals surface area contributed by atoms with Gasteiger partial charge in [-0.05, 0) is 67.3 Å². The summed E-state index contributed by atoms with van der Waals surface area (Å²) < 4.78 is 5.11. The van der Waals surface area contributed by atoms with E-state index in [-0.39, 0.29) is 23.6 Å². The topological polar surface area (TPSA) is 87.7 Å². The summed E-state index contributed by atoms with van der Waals surface area (Å²) in [5.74, 6) is -0.0830. The van der Waals surface area contributed by atoms with Gasteiger partial charge in [-0.25, -0.2) is 0 Å². The first-order valence-electron chi connectivity index (χ1n) is 10.5. The van der Waals surface area contributed by atoms with E-state index in [0.29, 0.717) is 22.6 Å². The van der Waals surface area contributed by atoms with Gasteiger partial charge in [-0.2, -0.15) is 0 Å². The van der Waals surface area contributed by atoms with Crippen LogP contribution >= 0.6 is 0 Å². The number of hydrogen-bond acceptors (Lipinski definition) is 4. The first-order chi connectivity index (χ1) is 14.9. The zero-order valence-corrected chi connectivity index (χ0v) is 18.2. The maximum absolute atomic E-state index is 12.8. The summed E-state index contributed by atoms with van der Waals surface area (Å²) in [5.41, 5.74) is 1.63. The quantitative estimate of drug-likeness (QED) is 0.715. The van der Waals surface area contributed by atoms with E-state index in [9.17, 15) is 14.4 Å². The molecule has 164 valence electrons. The Morgan fingerprint density at radius 2 is 1.48 bits per heavy atom. The Morgan fingerprint density at radius 3 is 2.03 bits per heavy atom. The number of ether oxygens (including phenoxy) is 1. The average Bonchev–Trinajstić information content (AvgIpc) is 3.32. The highest BCUT2D eigenvalue weighted by atomic mass is 16.5. The van der Waals surface area contributed by atoms with Crippen LogP contribution in [0.25, 0.3) is 0 Å². The predicted octanol–water partition coefficient (Wildman–Crippen LogP) is 3.32. The molecule has 1 saturated heterocycles. The summed E-state index contributed by atoms with van der Waals surface area (Å²) in [6.45, 7) is 5.33. The number of anilines is 1. The number of amides is 3. The predicted molar refractivity (Wildman–Crippen MR) is 119 cm³/mol. The number of carbonyl (C=O) groups is 3. The van der Waals surface area contributed by atoms with E-state index >= 15 is 0 Å². The van der Waals surface area contributed by atoms with Crippen molar-refractivity contribution >= 4 is 23.4 Å². The minimum Gasteiger partial charge on any atom is -0.497 e. The smallest absolute Gasteiger partial charge is 0.253 e. The van der Waals surface area contributed by atoms with Crippen LogP contribution in [-0.4, -0.2) is 48.9 Å². The molecule has 0 radical (unpaired) electrons. The molecule has 0 spiro atoms. The number of methoxy groups -OCH3 is 1. The standard InChI is InChI=1S/C24H29N3O4/c1-16(2)21(26-22(28)17-8-12-20(31-3)13-9-17)23(29)25-19-10-6-18(7-11-19)24(30)27-14-4-5-15-27/h6-13,16,21H,4-5,14-15H2,1-3H3,(H,25,29)(H,26,28). The second-order valence-electron chi connectivity index (χ2n) is 7.99. The van der Waals surface area contributed by atoms with E-state index in [0.717, 1.165) is 25.9 Å². The van der Waals surface area contributed by atoms with Gasteiger partial charge in [0, 0.05) is 29.9 Å². The van der Waals surface area contributed by atoms with Crippen LogP contribution in [0.2, 0.25) is 0 Å². The summed E-state index contributed by atoms with van der Waals surface area (Å²) >= 11 is 0. The molecule has 1 aliphatic rings. The molecule has 2 aromatic rings. The van der Waals surface area contributed by atoms with Crippen LogP contribution in [0.5, 0.6) is 5.75 Å². The second kappa shape index (κ2) is 10.1. The number of nitrogens with zero attached hydrogens (tertiary/aromatic N) is 1. The van der Waals surface area contributed by atoms with E-state index in [4.69, 9.17) is 4.74 Å². The van der Waals surface area contributed by atoms with Gasteiger partial charge >= 0.3 is 0 Å². The van der Waals surface area contributed by atoms with Gasteiger partial charge in [0.2, 0.25) is 5.91 Å². The Labute approximate surface area is 182 Å². The molecule has 0 saturated carbocycles. The van der Waals surface area contributed by atoms with E-state index in [2.05, 4.69) is 10.6 Å². The van der Waals surface area contributed by atoms with Crippen molar-refractivity contribution in [2.24, 2.45) is 5.92 Å². The van der Waals surface area contributed by atoms with E-state index in [1.165, 1.54) is 0 Å². The summed E-state index contributed by atoms with van der Waals surface area (Å²) in [6.07, 6.45) is 2.08. The molecule has 0 aromatic heterocycles. The van der Waals surface area contributed by atoms with E-state index < -0.39 is 6.04 Å². The van der Waals surface area contributed by atoms with Crippen LogP contribution in [-0.2, 0) is 4.79 Å². The average molecular weight is 424 g/mol. The van der Waals surface area contributed by atoms with Crippen LogP contribution in [0.3, 0.4) is 0 Å². The van der Waals surface area contributed by atoms with Crippen molar-refractivity contribution in [3.05, 3.63) is 59.7 Å². The molecule has 1 aliphatic heterocycles. The molecule has 1 unspecified atom stereocenters. The number of nitrogens with one attached hydrogen (secondary N) is 2. The van der Waals surface area contributed by atoms with Crippen LogP contribution in [0.1, 0.15) is 47.4 Å². The fourth-order valence-electron chi connectivity index (χ4n) is 3.52. The van der Waals surface area contributed by atoms with Crippen molar-refractivity contribution in [3.8, 4) is 5.75 Å². The highest BCUT2D eigenvalue weighted by Gasteiger charge is 2.25.